The zero-order chi connectivity index (χ0) is 16.9. The molecule has 0 aromatic heterocycles. The summed E-state index contributed by atoms with van der Waals surface area (Å²) in [6.45, 7) is 1.90. The Morgan fingerprint density at radius 3 is 2.43 bits per heavy atom. The van der Waals surface area contributed by atoms with E-state index in [2.05, 4.69) is 5.32 Å². The molecular formula is C16H24N2O4S. The van der Waals surface area contributed by atoms with Crippen LogP contribution in [0.3, 0.4) is 0 Å². The molecule has 0 radical (unpaired) electrons. The van der Waals surface area contributed by atoms with Crippen molar-refractivity contribution in [2.75, 3.05) is 6.61 Å². The molecule has 0 heterocycles. The third kappa shape index (κ3) is 5.60. The van der Waals surface area contributed by atoms with E-state index in [0.717, 1.165) is 18.4 Å². The number of sulfonamides is 1. The summed E-state index contributed by atoms with van der Waals surface area (Å²) in [5, 5.41) is 7.91. The largest absolute Gasteiger partial charge is 0.368 e. The summed E-state index contributed by atoms with van der Waals surface area (Å²) in [5.74, 6) is -0.168. The number of amides is 1. The highest BCUT2D eigenvalue weighted by atomic mass is 32.2. The van der Waals surface area contributed by atoms with Gasteiger partial charge in [0.25, 0.3) is 0 Å². The molecule has 0 aliphatic heterocycles. The second kappa shape index (κ2) is 7.90. The quantitative estimate of drug-likeness (QED) is 0.826. The van der Waals surface area contributed by atoms with Crippen molar-refractivity contribution in [1.29, 1.82) is 0 Å². The van der Waals surface area contributed by atoms with Gasteiger partial charge in [-0.1, -0.05) is 31.4 Å². The molecule has 1 fully saturated rings. The minimum absolute atomic E-state index is 0.0559. The number of hydrogen-bond acceptors (Lipinski definition) is 4. The molecule has 0 spiro atoms. The predicted octanol–water partition coefficient (Wildman–Crippen LogP) is 1.86. The predicted molar refractivity (Wildman–Crippen MR) is 87.2 cm³/mol. The highest BCUT2D eigenvalue weighted by Crippen LogP contribution is 2.20. The van der Waals surface area contributed by atoms with Gasteiger partial charge in [0.05, 0.1) is 17.0 Å². The number of rotatable bonds is 6. The monoisotopic (exact) mass is 340 g/mol. The van der Waals surface area contributed by atoms with Gasteiger partial charge in [0.2, 0.25) is 15.9 Å². The van der Waals surface area contributed by atoms with Crippen molar-refractivity contribution < 1.29 is 17.9 Å². The van der Waals surface area contributed by atoms with E-state index in [1.54, 1.807) is 12.1 Å². The first kappa shape index (κ1) is 17.9. The van der Waals surface area contributed by atoms with Gasteiger partial charge in [0, 0.05) is 0 Å². The van der Waals surface area contributed by atoms with Gasteiger partial charge in [-0.2, -0.15) is 0 Å². The fraction of sp³-hybridized carbons (Fsp3) is 0.562. The number of primary sulfonamides is 1. The maximum atomic E-state index is 11.9. The first-order valence-corrected chi connectivity index (χ1v) is 9.44. The van der Waals surface area contributed by atoms with Crippen LogP contribution in [-0.2, 0) is 19.6 Å². The van der Waals surface area contributed by atoms with E-state index in [4.69, 9.17) is 9.88 Å². The zero-order valence-electron chi connectivity index (χ0n) is 13.3. The molecule has 1 saturated carbocycles. The molecular weight excluding hydrogens is 316 g/mol. The van der Waals surface area contributed by atoms with Crippen molar-refractivity contribution in [1.82, 2.24) is 5.32 Å². The summed E-state index contributed by atoms with van der Waals surface area (Å²) in [4.78, 5) is 12.0. The standard InChI is InChI=1S/C16H24N2O4S/c1-12(13-7-9-15(10-8-13)23(17,20)21)18-16(19)11-22-14-5-3-2-4-6-14/h7-10,12,14H,2-6,11H2,1H3,(H,18,19)(H2,17,20,21)/t12-/m0/s1. The van der Waals surface area contributed by atoms with Crippen LogP contribution in [0.4, 0.5) is 0 Å². The summed E-state index contributed by atoms with van der Waals surface area (Å²) in [6.07, 6.45) is 5.82. The van der Waals surface area contributed by atoms with E-state index >= 15 is 0 Å². The zero-order valence-corrected chi connectivity index (χ0v) is 14.1. The lowest BCUT2D eigenvalue weighted by Gasteiger charge is -2.22. The van der Waals surface area contributed by atoms with Gasteiger partial charge in [-0.05, 0) is 37.5 Å². The molecule has 1 aromatic rings. The Labute approximate surface area is 137 Å². The lowest BCUT2D eigenvalue weighted by molar-refractivity contribution is -0.129. The van der Waals surface area contributed by atoms with E-state index in [-0.39, 0.29) is 29.6 Å². The average molecular weight is 340 g/mol. The van der Waals surface area contributed by atoms with Crippen molar-refractivity contribution in [3.63, 3.8) is 0 Å². The minimum Gasteiger partial charge on any atom is -0.368 e. The van der Waals surface area contributed by atoms with Crippen LogP contribution in [0.5, 0.6) is 0 Å². The Hall–Kier alpha value is -1.44. The third-order valence-electron chi connectivity index (χ3n) is 4.09. The Morgan fingerprint density at radius 2 is 1.87 bits per heavy atom. The lowest BCUT2D eigenvalue weighted by Crippen LogP contribution is -2.32. The van der Waals surface area contributed by atoms with Crippen molar-refractivity contribution in [2.24, 2.45) is 5.14 Å². The van der Waals surface area contributed by atoms with Crippen LogP contribution in [0.15, 0.2) is 29.2 Å². The van der Waals surface area contributed by atoms with Gasteiger partial charge >= 0.3 is 0 Å². The van der Waals surface area contributed by atoms with Gasteiger partial charge in [-0.25, -0.2) is 13.6 Å². The number of ether oxygens (including phenoxy) is 1. The van der Waals surface area contributed by atoms with Crippen LogP contribution < -0.4 is 10.5 Å². The summed E-state index contributed by atoms with van der Waals surface area (Å²) in [5.41, 5.74) is 0.809. The number of nitrogens with two attached hydrogens (primary N) is 1. The van der Waals surface area contributed by atoms with Crippen LogP contribution in [0.2, 0.25) is 0 Å². The fourth-order valence-electron chi connectivity index (χ4n) is 2.74. The van der Waals surface area contributed by atoms with Crippen molar-refractivity contribution in [3.8, 4) is 0 Å². The van der Waals surface area contributed by atoms with Crippen LogP contribution in [0.1, 0.15) is 50.6 Å². The fourth-order valence-corrected chi connectivity index (χ4v) is 3.25. The van der Waals surface area contributed by atoms with Gasteiger partial charge in [0.15, 0.2) is 0 Å². The molecule has 2 rings (SSSR count). The maximum absolute atomic E-state index is 11.9. The molecule has 0 bridgehead atoms. The Kier molecular flexibility index (Phi) is 6.15. The molecule has 23 heavy (non-hydrogen) atoms. The molecule has 128 valence electrons. The minimum atomic E-state index is -3.70. The number of nitrogens with one attached hydrogen (secondary N) is 1. The SMILES string of the molecule is C[C@H](NC(=O)COC1CCCCC1)c1ccc(S(N)(=O)=O)cc1. The third-order valence-corrected chi connectivity index (χ3v) is 5.02. The van der Waals surface area contributed by atoms with Crippen LogP contribution >= 0.6 is 0 Å². The van der Waals surface area contributed by atoms with E-state index < -0.39 is 10.0 Å². The topological polar surface area (TPSA) is 98.5 Å². The van der Waals surface area contributed by atoms with E-state index in [9.17, 15) is 13.2 Å². The normalized spacial score (nSPS) is 17.7. The molecule has 0 unspecified atom stereocenters. The van der Waals surface area contributed by atoms with E-state index in [0.29, 0.717) is 0 Å². The molecule has 1 amide bonds. The van der Waals surface area contributed by atoms with Crippen molar-refractivity contribution >= 4 is 15.9 Å². The second-order valence-electron chi connectivity index (χ2n) is 5.97. The Bertz CT molecular complexity index is 622. The molecule has 1 aliphatic carbocycles. The maximum Gasteiger partial charge on any atom is 0.246 e. The van der Waals surface area contributed by atoms with Gasteiger partial charge in [0.1, 0.15) is 6.61 Å². The molecule has 0 saturated heterocycles. The van der Waals surface area contributed by atoms with Crippen molar-refractivity contribution in [2.45, 2.75) is 56.1 Å². The molecule has 3 N–H and O–H groups in total. The number of hydrogen-bond donors (Lipinski definition) is 2. The van der Waals surface area contributed by atoms with Crippen LogP contribution in [-0.4, -0.2) is 27.0 Å². The highest BCUT2D eigenvalue weighted by Gasteiger charge is 2.16. The lowest BCUT2D eigenvalue weighted by atomic mass is 9.98. The van der Waals surface area contributed by atoms with Crippen LogP contribution in [0, 0.1) is 0 Å². The Balaban J connectivity index is 1.83. The van der Waals surface area contributed by atoms with Crippen molar-refractivity contribution in [3.05, 3.63) is 29.8 Å². The molecule has 6 nitrogen and oxygen atoms in total. The molecule has 1 aromatic carbocycles. The summed E-state index contributed by atoms with van der Waals surface area (Å²) >= 11 is 0. The molecule has 7 heteroatoms. The highest BCUT2D eigenvalue weighted by molar-refractivity contribution is 7.89. The van der Waals surface area contributed by atoms with Gasteiger partial charge < -0.3 is 10.1 Å². The van der Waals surface area contributed by atoms with Crippen LogP contribution in [0.25, 0.3) is 0 Å². The smallest absolute Gasteiger partial charge is 0.246 e. The van der Waals surface area contributed by atoms with Gasteiger partial charge in [-0.3, -0.25) is 4.79 Å². The van der Waals surface area contributed by atoms with Gasteiger partial charge in [-0.15, -0.1) is 0 Å². The van der Waals surface area contributed by atoms with E-state index in [1.807, 2.05) is 6.92 Å². The number of benzene rings is 1. The summed E-state index contributed by atoms with van der Waals surface area (Å²) in [6, 6.07) is 5.93. The summed E-state index contributed by atoms with van der Waals surface area (Å²) < 4.78 is 28.1. The molecule has 1 aliphatic rings. The first-order chi connectivity index (χ1) is 10.9. The number of carbonyl (C=O) groups excluding carboxylic acids is 1. The average Bonchev–Trinajstić information content (AvgIpc) is 2.53. The first-order valence-electron chi connectivity index (χ1n) is 7.90. The molecule has 1 atom stereocenters. The van der Waals surface area contributed by atoms with E-state index in [1.165, 1.54) is 31.4 Å². The summed E-state index contributed by atoms with van der Waals surface area (Å²) in [7, 11) is -3.70. The second-order valence-corrected chi connectivity index (χ2v) is 7.54. The number of carbonyl (C=O) groups is 1. The Morgan fingerprint density at radius 1 is 1.26 bits per heavy atom.